The molecule has 0 saturated heterocycles. The van der Waals surface area contributed by atoms with Crippen LogP contribution in [0.4, 0.5) is 0 Å². The van der Waals surface area contributed by atoms with Crippen molar-refractivity contribution in [2.24, 2.45) is 0 Å². The maximum atomic E-state index is 5.24. The third kappa shape index (κ3) is 5.42. The van der Waals surface area contributed by atoms with Crippen LogP contribution < -0.4 is 0 Å². The summed E-state index contributed by atoms with van der Waals surface area (Å²) in [5.74, 6) is 0.707. The molecule has 0 saturated carbocycles. The van der Waals surface area contributed by atoms with Crippen LogP contribution in [0.5, 0.6) is 0 Å². The first-order chi connectivity index (χ1) is 27.7. The Labute approximate surface area is 325 Å². The van der Waals surface area contributed by atoms with Gasteiger partial charge >= 0.3 is 0 Å². The molecule has 0 radical (unpaired) electrons. The van der Waals surface area contributed by atoms with E-state index in [1.165, 1.54) is 65.0 Å². The summed E-state index contributed by atoms with van der Waals surface area (Å²) in [6.45, 7) is 0. The van der Waals surface area contributed by atoms with Crippen molar-refractivity contribution >= 4 is 53.9 Å². The summed E-state index contributed by atoms with van der Waals surface area (Å²) >= 11 is 0. The summed E-state index contributed by atoms with van der Waals surface area (Å²) in [6.07, 6.45) is 0. The Bertz CT molecular complexity index is 3310. The molecule has 0 spiro atoms. The van der Waals surface area contributed by atoms with Crippen LogP contribution in [-0.4, -0.2) is 9.97 Å². The van der Waals surface area contributed by atoms with Crippen LogP contribution in [0.25, 0.3) is 110 Å². The minimum absolute atomic E-state index is 0.707. The first-order valence-electron chi connectivity index (χ1n) is 19.1. The third-order valence-corrected chi connectivity index (χ3v) is 11.2. The predicted molar refractivity (Wildman–Crippen MR) is 237 cm³/mol. The number of hydrogen-bond donors (Lipinski definition) is 0. The Hall–Kier alpha value is -7.42. The lowest BCUT2D eigenvalue weighted by atomic mass is 9.88. The van der Waals surface area contributed by atoms with Gasteiger partial charge in [0, 0.05) is 16.7 Å². The van der Waals surface area contributed by atoms with E-state index in [1.54, 1.807) is 0 Å². The summed E-state index contributed by atoms with van der Waals surface area (Å²) < 4.78 is 0. The van der Waals surface area contributed by atoms with Gasteiger partial charge in [-0.05, 0) is 100 Å². The highest BCUT2D eigenvalue weighted by Crippen LogP contribution is 2.41. The predicted octanol–water partition coefficient (Wildman–Crippen LogP) is 14.6. The number of nitrogens with zero attached hydrogens (tertiary/aromatic N) is 2. The zero-order valence-corrected chi connectivity index (χ0v) is 30.5. The van der Waals surface area contributed by atoms with E-state index in [9.17, 15) is 0 Å². The lowest BCUT2D eigenvalue weighted by Crippen LogP contribution is -1.96. The van der Waals surface area contributed by atoms with Gasteiger partial charge in [-0.1, -0.05) is 182 Å². The molecule has 10 aromatic carbocycles. The van der Waals surface area contributed by atoms with Crippen molar-refractivity contribution in [3.8, 4) is 56.2 Å². The second-order valence-corrected chi connectivity index (χ2v) is 14.5. The topological polar surface area (TPSA) is 25.8 Å². The lowest BCUT2D eigenvalue weighted by molar-refractivity contribution is 1.19. The zero-order valence-electron chi connectivity index (χ0n) is 30.5. The van der Waals surface area contributed by atoms with Gasteiger partial charge in [0.15, 0.2) is 5.82 Å². The molecule has 0 aliphatic carbocycles. The molecule has 11 rings (SSSR count). The van der Waals surface area contributed by atoms with E-state index in [2.05, 4.69) is 188 Å². The highest BCUT2D eigenvalue weighted by Gasteiger charge is 2.16. The van der Waals surface area contributed by atoms with Crippen molar-refractivity contribution in [2.45, 2.75) is 0 Å². The second kappa shape index (κ2) is 13.2. The molecule has 0 unspecified atom stereocenters. The fourth-order valence-electron chi connectivity index (χ4n) is 8.57. The van der Waals surface area contributed by atoms with Crippen molar-refractivity contribution in [1.29, 1.82) is 0 Å². The molecule has 56 heavy (non-hydrogen) atoms. The van der Waals surface area contributed by atoms with Gasteiger partial charge in [0.05, 0.1) is 11.4 Å². The molecule has 2 nitrogen and oxygen atoms in total. The minimum atomic E-state index is 0.707. The van der Waals surface area contributed by atoms with Crippen LogP contribution in [-0.2, 0) is 0 Å². The molecule has 1 heterocycles. The third-order valence-electron chi connectivity index (χ3n) is 11.2. The molecule has 0 aliphatic rings. The largest absolute Gasteiger partial charge is 0.228 e. The Morgan fingerprint density at radius 2 is 0.821 bits per heavy atom. The van der Waals surface area contributed by atoms with Gasteiger partial charge < -0.3 is 0 Å². The molecule has 0 bridgehead atoms. The molecule has 2 heteroatoms. The number of fused-ring (bicyclic) bond motifs is 7. The van der Waals surface area contributed by atoms with Crippen molar-refractivity contribution < 1.29 is 0 Å². The number of benzene rings is 10. The highest BCUT2D eigenvalue weighted by atomic mass is 14.9. The van der Waals surface area contributed by atoms with E-state index in [0.29, 0.717) is 5.82 Å². The van der Waals surface area contributed by atoms with E-state index in [1.807, 2.05) is 18.2 Å². The monoisotopic (exact) mass is 710 g/mol. The van der Waals surface area contributed by atoms with Crippen LogP contribution in [0, 0.1) is 0 Å². The van der Waals surface area contributed by atoms with Gasteiger partial charge in [0.25, 0.3) is 0 Å². The maximum Gasteiger partial charge on any atom is 0.160 e. The second-order valence-electron chi connectivity index (χ2n) is 14.5. The number of rotatable bonds is 5. The average molecular weight is 711 g/mol. The number of hydrogen-bond acceptors (Lipinski definition) is 2. The molecule has 0 N–H and O–H groups in total. The summed E-state index contributed by atoms with van der Waals surface area (Å²) in [5, 5.41) is 12.4. The van der Waals surface area contributed by atoms with Gasteiger partial charge in [-0.15, -0.1) is 0 Å². The quantitative estimate of drug-likeness (QED) is 0.131. The van der Waals surface area contributed by atoms with Gasteiger partial charge in [0.1, 0.15) is 0 Å². The summed E-state index contributed by atoms with van der Waals surface area (Å²) in [7, 11) is 0. The van der Waals surface area contributed by atoms with Crippen molar-refractivity contribution in [1.82, 2.24) is 9.97 Å². The van der Waals surface area contributed by atoms with Crippen LogP contribution in [0.15, 0.2) is 206 Å². The summed E-state index contributed by atoms with van der Waals surface area (Å²) in [6, 6.07) is 74.1. The molecular weight excluding hydrogens is 677 g/mol. The van der Waals surface area contributed by atoms with Gasteiger partial charge in [-0.25, -0.2) is 9.97 Å². The molecule has 11 aromatic rings. The van der Waals surface area contributed by atoms with Gasteiger partial charge in [-0.3, -0.25) is 0 Å². The molecule has 0 fully saturated rings. The zero-order chi connectivity index (χ0) is 37.0. The highest BCUT2D eigenvalue weighted by molar-refractivity contribution is 6.20. The van der Waals surface area contributed by atoms with Gasteiger partial charge in [0.2, 0.25) is 0 Å². The Kier molecular flexibility index (Phi) is 7.53. The van der Waals surface area contributed by atoms with E-state index in [0.717, 1.165) is 39.2 Å². The van der Waals surface area contributed by atoms with Gasteiger partial charge in [-0.2, -0.15) is 0 Å². The van der Waals surface area contributed by atoms with Crippen LogP contribution >= 0.6 is 0 Å². The molecular formula is C54H34N2. The Balaban J connectivity index is 1.08. The fraction of sp³-hybridized carbons (Fsp3) is 0. The first kappa shape index (κ1) is 32.0. The first-order valence-corrected chi connectivity index (χ1v) is 19.1. The smallest absolute Gasteiger partial charge is 0.160 e. The maximum absolute atomic E-state index is 5.24. The van der Waals surface area contributed by atoms with Crippen molar-refractivity contribution in [3.63, 3.8) is 0 Å². The molecule has 0 atom stereocenters. The normalized spacial score (nSPS) is 11.6. The van der Waals surface area contributed by atoms with Crippen LogP contribution in [0.1, 0.15) is 0 Å². The standard InChI is InChI=1S/C54H34N2/c1-2-15-38(16-3-1)54-55-50(34-51(56-54)48-26-12-18-37-28-27-36-14-5-8-24-45(36)52(37)48)42-21-10-19-39(31-42)40-20-11-22-43(32-40)53-46-25-9-6-17-41(46)33-49-44-23-7-4-13-35(44)29-30-47(49)53/h1-34H. The van der Waals surface area contributed by atoms with Crippen molar-refractivity contribution in [3.05, 3.63) is 206 Å². The molecule has 0 amide bonds. The Morgan fingerprint density at radius 3 is 1.64 bits per heavy atom. The van der Waals surface area contributed by atoms with E-state index in [4.69, 9.17) is 9.97 Å². The molecule has 0 aliphatic heterocycles. The van der Waals surface area contributed by atoms with E-state index >= 15 is 0 Å². The van der Waals surface area contributed by atoms with E-state index in [-0.39, 0.29) is 0 Å². The number of aromatic nitrogens is 2. The van der Waals surface area contributed by atoms with Crippen LogP contribution in [0.2, 0.25) is 0 Å². The summed E-state index contributed by atoms with van der Waals surface area (Å²) in [5.41, 5.74) is 9.66. The average Bonchev–Trinajstić information content (AvgIpc) is 3.28. The van der Waals surface area contributed by atoms with Crippen molar-refractivity contribution in [2.75, 3.05) is 0 Å². The fourth-order valence-corrected chi connectivity index (χ4v) is 8.57. The molecule has 1 aromatic heterocycles. The summed E-state index contributed by atoms with van der Waals surface area (Å²) in [4.78, 5) is 10.5. The SMILES string of the molecule is c1ccc(-c2nc(-c3cccc(-c4cccc(-c5c6ccccc6cc6c5ccc5ccccc56)c4)c3)cc(-c3cccc4ccc5ccccc5c34)n2)cc1. The molecule has 260 valence electrons. The minimum Gasteiger partial charge on any atom is -0.228 e. The van der Waals surface area contributed by atoms with Crippen LogP contribution in [0.3, 0.4) is 0 Å². The Morgan fingerprint density at radius 1 is 0.268 bits per heavy atom. The lowest BCUT2D eigenvalue weighted by Gasteiger charge is -2.15. The van der Waals surface area contributed by atoms with E-state index < -0.39 is 0 Å².